The topological polar surface area (TPSA) is 112 Å². The Labute approximate surface area is 151 Å². The van der Waals surface area contributed by atoms with E-state index >= 15 is 0 Å². The lowest BCUT2D eigenvalue weighted by Gasteiger charge is -2.07. The first-order valence-electron chi connectivity index (χ1n) is 6.77. The molecule has 3 N–H and O–H groups in total. The molecule has 0 aromatic carbocycles. The van der Waals surface area contributed by atoms with Gasteiger partial charge in [0.1, 0.15) is 17.4 Å². The molecule has 0 aliphatic rings. The second kappa shape index (κ2) is 6.25. The van der Waals surface area contributed by atoms with Gasteiger partial charge < -0.3 is 15.5 Å². The van der Waals surface area contributed by atoms with Gasteiger partial charge in [-0.2, -0.15) is 13.2 Å². The SMILES string of the molecule is O=C(O)CNC(=O)c1nc(Cl)c2c(sc3cnc(C(F)(F)F)cc32)c1O. The average molecular weight is 406 g/mol. The molecule has 26 heavy (non-hydrogen) atoms. The van der Waals surface area contributed by atoms with Gasteiger partial charge in [0, 0.05) is 17.0 Å². The summed E-state index contributed by atoms with van der Waals surface area (Å²) in [7, 11) is 0. The van der Waals surface area contributed by atoms with Crippen LogP contribution in [0.2, 0.25) is 5.15 Å². The molecule has 0 aliphatic carbocycles. The predicted molar refractivity (Wildman–Crippen MR) is 86.6 cm³/mol. The highest BCUT2D eigenvalue weighted by Crippen LogP contribution is 2.44. The number of pyridine rings is 2. The summed E-state index contributed by atoms with van der Waals surface area (Å²) in [6.45, 7) is -0.707. The first-order chi connectivity index (χ1) is 12.1. The smallest absolute Gasteiger partial charge is 0.433 e. The number of hydrogen-bond donors (Lipinski definition) is 3. The number of carboxylic acid groups (broad SMARTS) is 1. The van der Waals surface area contributed by atoms with Crippen LogP contribution in [0.15, 0.2) is 12.3 Å². The Kier molecular flexibility index (Phi) is 4.36. The Hall–Kier alpha value is -2.66. The van der Waals surface area contributed by atoms with Gasteiger partial charge in [0.2, 0.25) is 0 Å². The van der Waals surface area contributed by atoms with E-state index in [0.29, 0.717) is 4.70 Å². The number of carbonyl (C=O) groups is 2. The number of aromatic hydroxyl groups is 1. The Morgan fingerprint density at radius 3 is 2.65 bits per heavy atom. The third kappa shape index (κ3) is 3.10. The number of hydrogen-bond acceptors (Lipinski definition) is 6. The van der Waals surface area contributed by atoms with Crippen LogP contribution in [0.25, 0.3) is 20.2 Å². The Morgan fingerprint density at radius 1 is 1.35 bits per heavy atom. The molecular formula is C14H7ClF3N3O4S. The minimum atomic E-state index is -4.67. The number of halogens is 4. The summed E-state index contributed by atoms with van der Waals surface area (Å²) in [5, 5.41) is 20.7. The Bertz CT molecular complexity index is 1070. The van der Waals surface area contributed by atoms with Gasteiger partial charge in [-0.05, 0) is 6.07 Å². The van der Waals surface area contributed by atoms with Crippen molar-refractivity contribution in [1.82, 2.24) is 15.3 Å². The molecular weight excluding hydrogens is 399 g/mol. The van der Waals surface area contributed by atoms with E-state index in [-0.39, 0.29) is 20.6 Å². The van der Waals surface area contributed by atoms with Crippen LogP contribution in [0.3, 0.4) is 0 Å². The summed E-state index contributed by atoms with van der Waals surface area (Å²) in [5.74, 6) is -2.90. The standard InChI is InChI=1S/C14H7ClF3N3O4S/c15-12-8-4-1-6(14(16,17)18)19-2-5(4)26-11(8)10(24)9(21-12)13(25)20-3-7(22)23/h1-2,24H,3H2,(H,20,25)(H,22,23). The summed E-state index contributed by atoms with van der Waals surface area (Å²) < 4.78 is 38.9. The van der Waals surface area contributed by atoms with Crippen LogP contribution in [-0.2, 0) is 11.0 Å². The number of nitrogens with one attached hydrogen (secondary N) is 1. The van der Waals surface area contributed by atoms with Crippen LogP contribution in [0, 0.1) is 0 Å². The molecule has 7 nitrogen and oxygen atoms in total. The molecule has 1 amide bonds. The second-order valence-corrected chi connectivity index (χ2v) is 6.46. The maximum Gasteiger partial charge on any atom is 0.433 e. The van der Waals surface area contributed by atoms with Crippen molar-refractivity contribution < 1.29 is 33.0 Å². The molecule has 0 saturated heterocycles. The van der Waals surface area contributed by atoms with E-state index in [2.05, 4.69) is 9.97 Å². The van der Waals surface area contributed by atoms with Crippen molar-refractivity contribution in [2.45, 2.75) is 6.18 Å². The van der Waals surface area contributed by atoms with Crippen molar-refractivity contribution in [3.8, 4) is 5.75 Å². The molecule has 0 aliphatic heterocycles. The number of rotatable bonds is 3. The van der Waals surface area contributed by atoms with Gasteiger partial charge in [0.25, 0.3) is 5.91 Å². The van der Waals surface area contributed by atoms with E-state index < -0.39 is 41.7 Å². The normalized spacial score (nSPS) is 11.8. The van der Waals surface area contributed by atoms with Crippen molar-refractivity contribution in [2.24, 2.45) is 0 Å². The zero-order chi connectivity index (χ0) is 19.2. The van der Waals surface area contributed by atoms with Gasteiger partial charge in [-0.15, -0.1) is 11.3 Å². The first kappa shape index (κ1) is 18.1. The van der Waals surface area contributed by atoms with Crippen LogP contribution in [0.5, 0.6) is 5.75 Å². The Morgan fingerprint density at radius 2 is 2.04 bits per heavy atom. The summed E-state index contributed by atoms with van der Waals surface area (Å²) in [5.41, 5.74) is -1.66. The van der Waals surface area contributed by atoms with E-state index in [0.717, 1.165) is 23.6 Å². The van der Waals surface area contributed by atoms with Gasteiger partial charge >= 0.3 is 12.1 Å². The van der Waals surface area contributed by atoms with Gasteiger partial charge in [0.15, 0.2) is 11.4 Å². The fourth-order valence-electron chi connectivity index (χ4n) is 2.24. The maximum absolute atomic E-state index is 12.9. The van der Waals surface area contributed by atoms with Crippen molar-refractivity contribution in [2.75, 3.05) is 6.54 Å². The van der Waals surface area contributed by atoms with Crippen molar-refractivity contribution >= 4 is 55.0 Å². The fraction of sp³-hybridized carbons (Fsp3) is 0.143. The lowest BCUT2D eigenvalue weighted by atomic mass is 10.1. The fourth-order valence-corrected chi connectivity index (χ4v) is 3.68. The van der Waals surface area contributed by atoms with Gasteiger partial charge in [-0.25, -0.2) is 4.98 Å². The highest BCUT2D eigenvalue weighted by molar-refractivity contribution is 7.26. The van der Waals surface area contributed by atoms with Crippen LogP contribution in [0.1, 0.15) is 16.2 Å². The number of fused-ring (bicyclic) bond motifs is 3. The number of carboxylic acids is 1. The molecule has 12 heteroatoms. The molecule has 0 saturated carbocycles. The zero-order valence-electron chi connectivity index (χ0n) is 12.4. The van der Waals surface area contributed by atoms with Crippen molar-refractivity contribution in [3.63, 3.8) is 0 Å². The van der Waals surface area contributed by atoms with Crippen molar-refractivity contribution in [1.29, 1.82) is 0 Å². The van der Waals surface area contributed by atoms with Crippen molar-refractivity contribution in [3.05, 3.63) is 28.8 Å². The molecule has 0 bridgehead atoms. The van der Waals surface area contributed by atoms with E-state index in [1.54, 1.807) is 0 Å². The second-order valence-electron chi connectivity index (χ2n) is 5.05. The van der Waals surface area contributed by atoms with E-state index in [4.69, 9.17) is 16.7 Å². The molecule has 136 valence electrons. The summed E-state index contributed by atoms with van der Waals surface area (Å²) in [6.07, 6.45) is -3.68. The number of carbonyl (C=O) groups excluding carboxylic acids is 1. The highest BCUT2D eigenvalue weighted by atomic mass is 35.5. The average Bonchev–Trinajstić information content (AvgIpc) is 2.94. The van der Waals surface area contributed by atoms with Crippen LogP contribution >= 0.6 is 22.9 Å². The van der Waals surface area contributed by atoms with Gasteiger partial charge in [-0.1, -0.05) is 11.6 Å². The molecule has 0 radical (unpaired) electrons. The van der Waals surface area contributed by atoms with Gasteiger partial charge in [-0.3, -0.25) is 14.6 Å². The number of thiophene rings is 1. The summed E-state index contributed by atoms with van der Waals surface area (Å²) in [6, 6.07) is 0.783. The molecule has 0 fully saturated rings. The monoisotopic (exact) mass is 405 g/mol. The van der Waals surface area contributed by atoms with Gasteiger partial charge in [0.05, 0.1) is 9.40 Å². The summed E-state index contributed by atoms with van der Waals surface area (Å²) >= 11 is 6.89. The van der Waals surface area contributed by atoms with E-state index in [1.807, 2.05) is 5.32 Å². The Balaban J connectivity index is 2.20. The molecule has 0 atom stereocenters. The largest absolute Gasteiger partial charge is 0.504 e. The molecule has 0 spiro atoms. The van der Waals surface area contributed by atoms with E-state index in [9.17, 15) is 27.9 Å². The predicted octanol–water partition coefficient (Wildman–Crippen LogP) is 3.04. The third-order valence-corrected chi connectivity index (χ3v) is 4.76. The lowest BCUT2D eigenvalue weighted by molar-refractivity contribution is -0.141. The molecule has 3 rings (SSSR count). The minimum Gasteiger partial charge on any atom is -0.504 e. The first-order valence-corrected chi connectivity index (χ1v) is 7.97. The van der Waals surface area contributed by atoms with Crippen LogP contribution in [0.4, 0.5) is 13.2 Å². The maximum atomic E-state index is 12.9. The number of aromatic nitrogens is 2. The molecule has 0 unspecified atom stereocenters. The van der Waals surface area contributed by atoms with Crippen LogP contribution < -0.4 is 5.32 Å². The van der Waals surface area contributed by atoms with Crippen LogP contribution in [-0.4, -0.2) is 38.6 Å². The highest BCUT2D eigenvalue weighted by Gasteiger charge is 2.33. The summed E-state index contributed by atoms with van der Waals surface area (Å²) in [4.78, 5) is 29.5. The third-order valence-electron chi connectivity index (χ3n) is 3.34. The quantitative estimate of drug-likeness (QED) is 0.577. The lowest BCUT2D eigenvalue weighted by Crippen LogP contribution is -2.30. The van der Waals surface area contributed by atoms with E-state index in [1.165, 1.54) is 0 Å². The minimum absolute atomic E-state index is 0.0431. The number of nitrogens with zero attached hydrogens (tertiary/aromatic N) is 2. The molecule has 3 aromatic heterocycles. The molecule has 3 heterocycles. The zero-order valence-corrected chi connectivity index (χ0v) is 14.0. The number of alkyl halides is 3. The number of amides is 1. The number of aliphatic carboxylic acids is 1. The molecule has 3 aromatic rings.